The van der Waals surface area contributed by atoms with Gasteiger partial charge in [0.05, 0.1) is 30.7 Å². The quantitative estimate of drug-likeness (QED) is 0.754. The van der Waals surface area contributed by atoms with Crippen LogP contribution in [0.5, 0.6) is 0 Å². The van der Waals surface area contributed by atoms with Gasteiger partial charge in [0.15, 0.2) is 0 Å². The molecule has 1 N–H and O–H groups in total. The van der Waals surface area contributed by atoms with Crippen molar-refractivity contribution in [3.8, 4) is 0 Å². The number of amides is 1. The SMILES string of the molecule is CN(CCc1ccncc1)c1cncc(C(=O)NCCN2CCOCC2)c1. The van der Waals surface area contributed by atoms with Gasteiger partial charge in [-0.2, -0.15) is 0 Å². The maximum Gasteiger partial charge on any atom is 0.252 e. The fraction of sp³-hybridized carbons (Fsp3) is 0.450. The van der Waals surface area contributed by atoms with Crippen LogP contribution in [0.25, 0.3) is 0 Å². The molecule has 7 nitrogen and oxygen atoms in total. The molecule has 144 valence electrons. The van der Waals surface area contributed by atoms with Gasteiger partial charge in [0.1, 0.15) is 0 Å². The number of rotatable bonds is 8. The Kier molecular flexibility index (Phi) is 7.12. The van der Waals surface area contributed by atoms with E-state index in [0.717, 1.165) is 51.5 Å². The van der Waals surface area contributed by atoms with Gasteiger partial charge in [-0.3, -0.25) is 19.7 Å². The molecule has 1 fully saturated rings. The van der Waals surface area contributed by atoms with E-state index in [1.54, 1.807) is 24.8 Å². The maximum atomic E-state index is 12.4. The number of carbonyl (C=O) groups is 1. The van der Waals surface area contributed by atoms with Gasteiger partial charge in [-0.1, -0.05) is 0 Å². The van der Waals surface area contributed by atoms with E-state index in [-0.39, 0.29) is 5.91 Å². The summed E-state index contributed by atoms with van der Waals surface area (Å²) in [5.74, 6) is -0.0832. The van der Waals surface area contributed by atoms with Gasteiger partial charge in [0.25, 0.3) is 5.91 Å². The molecule has 1 amide bonds. The Morgan fingerprint density at radius 3 is 2.78 bits per heavy atom. The molecule has 0 unspecified atom stereocenters. The fourth-order valence-electron chi connectivity index (χ4n) is 2.99. The predicted molar refractivity (Wildman–Crippen MR) is 105 cm³/mol. The van der Waals surface area contributed by atoms with Crippen LogP contribution < -0.4 is 10.2 Å². The monoisotopic (exact) mass is 369 g/mol. The highest BCUT2D eigenvalue weighted by molar-refractivity contribution is 5.94. The number of morpholine rings is 1. The molecule has 2 aromatic rings. The molecule has 3 heterocycles. The predicted octanol–water partition coefficient (Wildman–Crippen LogP) is 1.22. The summed E-state index contributed by atoms with van der Waals surface area (Å²) < 4.78 is 5.34. The Hall–Kier alpha value is -2.51. The lowest BCUT2D eigenvalue weighted by Gasteiger charge is -2.26. The Morgan fingerprint density at radius 1 is 1.22 bits per heavy atom. The Bertz CT molecular complexity index is 719. The molecule has 0 aromatic carbocycles. The number of carbonyl (C=O) groups excluding carboxylic acids is 1. The van der Waals surface area contributed by atoms with Crippen molar-refractivity contribution in [2.45, 2.75) is 6.42 Å². The average Bonchev–Trinajstić information content (AvgIpc) is 2.73. The molecular weight excluding hydrogens is 342 g/mol. The molecule has 0 spiro atoms. The lowest BCUT2D eigenvalue weighted by atomic mass is 10.2. The molecule has 1 saturated heterocycles. The number of likely N-dealkylation sites (N-methyl/N-ethyl adjacent to an activating group) is 1. The number of anilines is 1. The van der Waals surface area contributed by atoms with E-state index in [0.29, 0.717) is 12.1 Å². The first kappa shape index (κ1) is 19.3. The van der Waals surface area contributed by atoms with Crippen LogP contribution in [-0.2, 0) is 11.2 Å². The number of pyridine rings is 2. The minimum absolute atomic E-state index is 0.0832. The highest BCUT2D eigenvalue weighted by Gasteiger charge is 2.12. The summed E-state index contributed by atoms with van der Waals surface area (Å²) in [5.41, 5.74) is 2.76. The normalized spacial score (nSPS) is 14.7. The third kappa shape index (κ3) is 6.01. The zero-order valence-electron chi connectivity index (χ0n) is 15.8. The van der Waals surface area contributed by atoms with E-state index in [1.807, 2.05) is 25.2 Å². The van der Waals surface area contributed by atoms with Crippen molar-refractivity contribution in [1.29, 1.82) is 0 Å². The van der Waals surface area contributed by atoms with Crippen LogP contribution in [0.4, 0.5) is 5.69 Å². The second kappa shape index (κ2) is 9.99. The Morgan fingerprint density at radius 2 is 2.00 bits per heavy atom. The molecule has 0 bridgehead atoms. The van der Waals surface area contributed by atoms with E-state index >= 15 is 0 Å². The van der Waals surface area contributed by atoms with Crippen LogP contribution in [0.15, 0.2) is 43.0 Å². The third-order valence-corrected chi connectivity index (χ3v) is 4.73. The van der Waals surface area contributed by atoms with Crippen molar-refractivity contribution in [1.82, 2.24) is 20.2 Å². The van der Waals surface area contributed by atoms with Gasteiger partial charge in [0.2, 0.25) is 0 Å². The highest BCUT2D eigenvalue weighted by atomic mass is 16.5. The summed E-state index contributed by atoms with van der Waals surface area (Å²) in [5, 5.41) is 2.98. The number of nitrogens with zero attached hydrogens (tertiary/aromatic N) is 4. The highest BCUT2D eigenvalue weighted by Crippen LogP contribution is 2.14. The van der Waals surface area contributed by atoms with Gasteiger partial charge >= 0.3 is 0 Å². The van der Waals surface area contributed by atoms with Crippen molar-refractivity contribution in [2.24, 2.45) is 0 Å². The number of hydrogen-bond donors (Lipinski definition) is 1. The van der Waals surface area contributed by atoms with Crippen LogP contribution >= 0.6 is 0 Å². The number of aromatic nitrogens is 2. The lowest BCUT2D eigenvalue weighted by Crippen LogP contribution is -2.41. The zero-order valence-corrected chi connectivity index (χ0v) is 15.8. The first-order valence-electron chi connectivity index (χ1n) is 9.36. The summed E-state index contributed by atoms with van der Waals surface area (Å²) in [4.78, 5) is 25.1. The van der Waals surface area contributed by atoms with E-state index in [2.05, 4.69) is 25.1 Å². The molecule has 0 aliphatic carbocycles. The van der Waals surface area contributed by atoms with Crippen molar-refractivity contribution in [3.63, 3.8) is 0 Å². The van der Waals surface area contributed by atoms with Crippen LogP contribution in [0.2, 0.25) is 0 Å². The minimum Gasteiger partial charge on any atom is -0.379 e. The second-order valence-electron chi connectivity index (χ2n) is 6.67. The van der Waals surface area contributed by atoms with Crippen molar-refractivity contribution in [3.05, 3.63) is 54.1 Å². The lowest BCUT2D eigenvalue weighted by molar-refractivity contribution is 0.0383. The van der Waals surface area contributed by atoms with Crippen LogP contribution in [0.1, 0.15) is 15.9 Å². The summed E-state index contributed by atoms with van der Waals surface area (Å²) in [6.07, 6.45) is 7.92. The Labute approximate surface area is 160 Å². The standard InChI is InChI=1S/C20H27N5O2/c1-24(8-4-17-2-5-21-6-3-17)19-14-18(15-22-16-19)20(26)23-7-9-25-10-12-27-13-11-25/h2-3,5-6,14-16H,4,7-13H2,1H3,(H,23,26). The number of ether oxygens (including phenoxy) is 1. The number of hydrogen-bond acceptors (Lipinski definition) is 6. The third-order valence-electron chi connectivity index (χ3n) is 4.73. The summed E-state index contributed by atoms with van der Waals surface area (Å²) in [6.45, 7) is 5.70. The van der Waals surface area contributed by atoms with E-state index < -0.39 is 0 Å². The molecule has 0 radical (unpaired) electrons. The molecular formula is C20H27N5O2. The minimum atomic E-state index is -0.0832. The molecule has 7 heteroatoms. The zero-order chi connectivity index (χ0) is 18.9. The van der Waals surface area contributed by atoms with Gasteiger partial charge < -0.3 is 15.0 Å². The van der Waals surface area contributed by atoms with Gasteiger partial charge in [0, 0.05) is 58.4 Å². The summed E-state index contributed by atoms with van der Waals surface area (Å²) in [6, 6.07) is 5.93. The largest absolute Gasteiger partial charge is 0.379 e. The van der Waals surface area contributed by atoms with E-state index in [1.165, 1.54) is 5.56 Å². The smallest absolute Gasteiger partial charge is 0.252 e. The summed E-state index contributed by atoms with van der Waals surface area (Å²) in [7, 11) is 2.01. The number of nitrogens with one attached hydrogen (secondary N) is 1. The molecule has 0 atom stereocenters. The molecule has 27 heavy (non-hydrogen) atoms. The second-order valence-corrected chi connectivity index (χ2v) is 6.67. The molecule has 0 saturated carbocycles. The van der Waals surface area contributed by atoms with Crippen molar-refractivity contribution >= 4 is 11.6 Å². The van der Waals surface area contributed by atoms with Gasteiger partial charge in [-0.25, -0.2) is 0 Å². The van der Waals surface area contributed by atoms with Gasteiger partial charge in [-0.15, -0.1) is 0 Å². The first-order chi connectivity index (χ1) is 13.2. The van der Waals surface area contributed by atoms with Crippen LogP contribution in [-0.4, -0.2) is 73.8 Å². The van der Waals surface area contributed by atoms with Crippen LogP contribution in [0, 0.1) is 0 Å². The van der Waals surface area contributed by atoms with Crippen LogP contribution in [0.3, 0.4) is 0 Å². The maximum absolute atomic E-state index is 12.4. The topological polar surface area (TPSA) is 70.6 Å². The van der Waals surface area contributed by atoms with E-state index in [4.69, 9.17) is 4.74 Å². The molecule has 2 aromatic heterocycles. The van der Waals surface area contributed by atoms with Crippen molar-refractivity contribution in [2.75, 3.05) is 57.9 Å². The van der Waals surface area contributed by atoms with Crippen molar-refractivity contribution < 1.29 is 9.53 Å². The summed E-state index contributed by atoms with van der Waals surface area (Å²) >= 11 is 0. The molecule has 3 rings (SSSR count). The molecule has 1 aliphatic heterocycles. The van der Waals surface area contributed by atoms with Gasteiger partial charge in [-0.05, 0) is 30.2 Å². The average molecular weight is 369 g/mol. The Balaban J connectivity index is 1.48. The fourth-order valence-corrected chi connectivity index (χ4v) is 2.99. The van der Waals surface area contributed by atoms with E-state index in [9.17, 15) is 4.79 Å². The first-order valence-corrected chi connectivity index (χ1v) is 9.36. The molecule has 1 aliphatic rings.